The molecule has 0 fully saturated rings. The second-order valence-corrected chi connectivity index (χ2v) is 10.0. The van der Waals surface area contributed by atoms with Gasteiger partial charge in [-0.1, -0.05) is 36.4 Å². The molecule has 1 atom stereocenters. The number of benzene rings is 4. The molecule has 2 aromatic heterocycles. The van der Waals surface area contributed by atoms with Crippen LogP contribution in [0.4, 0.5) is 8.78 Å². The SMILES string of the molecule is C[C@H](NC(=O)c1cc(-c2cc(F)cc(F)c2)cc2cnn(Cc3ccc4ccccc4n3)c12)c1ccc(C(=O)O)cc1. The number of carbonyl (C=O) groups is 2. The van der Waals surface area contributed by atoms with E-state index in [0.717, 1.165) is 22.7 Å². The number of amides is 1. The summed E-state index contributed by atoms with van der Waals surface area (Å²) in [7, 11) is 0. The quantitative estimate of drug-likeness (QED) is 0.224. The first-order valence-corrected chi connectivity index (χ1v) is 13.2. The molecule has 6 rings (SSSR count). The summed E-state index contributed by atoms with van der Waals surface area (Å²) in [5, 5.41) is 18.3. The third kappa shape index (κ3) is 5.32. The highest BCUT2D eigenvalue weighted by Crippen LogP contribution is 2.30. The van der Waals surface area contributed by atoms with Crippen LogP contribution < -0.4 is 5.32 Å². The van der Waals surface area contributed by atoms with E-state index in [2.05, 4.69) is 10.4 Å². The van der Waals surface area contributed by atoms with Gasteiger partial charge in [0.1, 0.15) is 11.6 Å². The number of aromatic nitrogens is 3. The fourth-order valence-corrected chi connectivity index (χ4v) is 5.03. The van der Waals surface area contributed by atoms with Gasteiger partial charge >= 0.3 is 5.97 Å². The van der Waals surface area contributed by atoms with Crippen molar-refractivity contribution in [3.8, 4) is 11.1 Å². The van der Waals surface area contributed by atoms with Gasteiger partial charge in [0.15, 0.2) is 0 Å². The second kappa shape index (κ2) is 10.9. The van der Waals surface area contributed by atoms with Gasteiger partial charge in [0, 0.05) is 16.8 Å². The maximum absolute atomic E-state index is 14.1. The van der Waals surface area contributed by atoms with E-state index in [4.69, 9.17) is 4.98 Å². The zero-order valence-electron chi connectivity index (χ0n) is 22.4. The van der Waals surface area contributed by atoms with E-state index in [1.165, 1.54) is 24.3 Å². The lowest BCUT2D eigenvalue weighted by atomic mass is 9.99. The lowest BCUT2D eigenvalue weighted by Crippen LogP contribution is -2.27. The summed E-state index contributed by atoms with van der Waals surface area (Å²) in [5.41, 5.74) is 3.96. The highest BCUT2D eigenvalue weighted by Gasteiger charge is 2.20. The lowest BCUT2D eigenvalue weighted by molar-refractivity contribution is 0.0696. The van der Waals surface area contributed by atoms with Gasteiger partial charge in [-0.2, -0.15) is 5.10 Å². The molecule has 2 N–H and O–H groups in total. The van der Waals surface area contributed by atoms with Crippen molar-refractivity contribution in [1.82, 2.24) is 20.1 Å². The highest BCUT2D eigenvalue weighted by molar-refractivity contribution is 6.07. The number of nitrogens with one attached hydrogen (secondary N) is 1. The van der Waals surface area contributed by atoms with Crippen molar-refractivity contribution in [3.05, 3.63) is 131 Å². The summed E-state index contributed by atoms with van der Waals surface area (Å²) in [5.74, 6) is -2.93. The summed E-state index contributed by atoms with van der Waals surface area (Å²) in [6, 6.07) is 24.0. The minimum Gasteiger partial charge on any atom is -0.478 e. The largest absolute Gasteiger partial charge is 0.478 e. The van der Waals surface area contributed by atoms with Gasteiger partial charge < -0.3 is 10.4 Å². The minimum atomic E-state index is -1.04. The summed E-state index contributed by atoms with van der Waals surface area (Å²) < 4.78 is 29.9. The van der Waals surface area contributed by atoms with Crippen molar-refractivity contribution in [2.75, 3.05) is 0 Å². The maximum Gasteiger partial charge on any atom is 0.335 e. The van der Waals surface area contributed by atoms with Gasteiger partial charge in [0.2, 0.25) is 0 Å². The molecule has 0 saturated carbocycles. The zero-order chi connectivity index (χ0) is 29.4. The normalized spacial score (nSPS) is 12.0. The van der Waals surface area contributed by atoms with Crippen LogP contribution in [0.5, 0.6) is 0 Å². The maximum atomic E-state index is 14.1. The van der Waals surface area contributed by atoms with Gasteiger partial charge in [-0.15, -0.1) is 0 Å². The Hall–Kier alpha value is -5.44. The van der Waals surface area contributed by atoms with Gasteiger partial charge in [0.05, 0.1) is 46.6 Å². The zero-order valence-corrected chi connectivity index (χ0v) is 22.4. The van der Waals surface area contributed by atoms with Gasteiger partial charge in [-0.3, -0.25) is 14.5 Å². The molecule has 7 nitrogen and oxygen atoms in total. The van der Waals surface area contributed by atoms with Crippen molar-refractivity contribution in [2.24, 2.45) is 0 Å². The molecule has 6 aromatic rings. The summed E-state index contributed by atoms with van der Waals surface area (Å²) in [4.78, 5) is 29.8. The van der Waals surface area contributed by atoms with E-state index in [9.17, 15) is 23.5 Å². The number of halogens is 2. The number of hydrogen-bond acceptors (Lipinski definition) is 4. The molecule has 9 heteroatoms. The van der Waals surface area contributed by atoms with Crippen LogP contribution in [0.15, 0.2) is 97.2 Å². The van der Waals surface area contributed by atoms with Crippen LogP contribution in [0.3, 0.4) is 0 Å². The fraction of sp³-hybridized carbons (Fsp3) is 0.0909. The number of para-hydroxylation sites is 1. The number of pyridine rings is 1. The summed E-state index contributed by atoms with van der Waals surface area (Å²) in [6.45, 7) is 2.07. The molecule has 2 heterocycles. The minimum absolute atomic E-state index is 0.139. The van der Waals surface area contributed by atoms with Gasteiger partial charge in [-0.25, -0.2) is 13.6 Å². The lowest BCUT2D eigenvalue weighted by Gasteiger charge is -2.17. The Morgan fingerprint density at radius 1 is 0.881 bits per heavy atom. The smallest absolute Gasteiger partial charge is 0.335 e. The molecule has 0 aliphatic carbocycles. The number of carbonyl (C=O) groups excluding carboxylic acids is 1. The molecule has 0 spiro atoms. The number of carboxylic acids is 1. The van der Waals surface area contributed by atoms with E-state index < -0.39 is 29.6 Å². The second-order valence-electron chi connectivity index (χ2n) is 10.0. The third-order valence-electron chi connectivity index (χ3n) is 7.15. The molecule has 0 bridgehead atoms. The summed E-state index contributed by atoms with van der Waals surface area (Å²) >= 11 is 0. The van der Waals surface area contributed by atoms with E-state index in [0.29, 0.717) is 22.0 Å². The van der Waals surface area contributed by atoms with E-state index in [1.54, 1.807) is 42.1 Å². The molecule has 0 unspecified atom stereocenters. The summed E-state index contributed by atoms with van der Waals surface area (Å²) in [6.07, 6.45) is 1.61. The Bertz CT molecular complexity index is 1970. The predicted octanol–water partition coefficient (Wildman–Crippen LogP) is 6.77. The Morgan fingerprint density at radius 3 is 2.33 bits per heavy atom. The fourth-order valence-electron chi connectivity index (χ4n) is 5.03. The molecule has 0 saturated heterocycles. The molecule has 0 radical (unpaired) electrons. The molecule has 4 aromatic carbocycles. The number of hydrogen-bond donors (Lipinski definition) is 2. The van der Waals surface area contributed by atoms with Crippen molar-refractivity contribution in [2.45, 2.75) is 19.5 Å². The first-order valence-electron chi connectivity index (χ1n) is 13.2. The Balaban J connectivity index is 1.41. The van der Waals surface area contributed by atoms with Gasteiger partial charge in [0.25, 0.3) is 5.91 Å². The van der Waals surface area contributed by atoms with E-state index in [-0.39, 0.29) is 23.2 Å². The number of aromatic carboxylic acids is 1. The van der Waals surface area contributed by atoms with Crippen LogP contribution in [-0.4, -0.2) is 31.7 Å². The van der Waals surface area contributed by atoms with Crippen molar-refractivity contribution in [1.29, 1.82) is 0 Å². The molecule has 0 aliphatic rings. The monoisotopic (exact) mass is 562 g/mol. The Kier molecular flexibility index (Phi) is 6.92. The van der Waals surface area contributed by atoms with Crippen LogP contribution in [0.1, 0.15) is 44.9 Å². The van der Waals surface area contributed by atoms with Crippen LogP contribution >= 0.6 is 0 Å². The molecule has 208 valence electrons. The Morgan fingerprint density at radius 2 is 1.60 bits per heavy atom. The van der Waals surface area contributed by atoms with Crippen molar-refractivity contribution in [3.63, 3.8) is 0 Å². The first-order chi connectivity index (χ1) is 20.2. The molecular formula is C33H24F2N4O3. The molecule has 42 heavy (non-hydrogen) atoms. The van der Waals surface area contributed by atoms with Crippen molar-refractivity contribution < 1.29 is 23.5 Å². The van der Waals surface area contributed by atoms with Gasteiger partial charge in [-0.05, 0) is 72.1 Å². The van der Waals surface area contributed by atoms with Crippen LogP contribution in [-0.2, 0) is 6.54 Å². The van der Waals surface area contributed by atoms with E-state index >= 15 is 0 Å². The highest BCUT2D eigenvalue weighted by atomic mass is 19.1. The Labute approximate surface area is 239 Å². The molecular weight excluding hydrogens is 538 g/mol. The number of fused-ring (bicyclic) bond motifs is 2. The standard InChI is InChI=1S/C33H24F2N4O3/c1-19(20-6-8-22(9-7-20)33(41)42)37-32(40)29-15-23(24-13-26(34)16-27(35)14-24)12-25-17-36-39(31(25)29)18-28-11-10-21-4-2-3-5-30(21)38-28/h2-17,19H,18H2,1H3,(H,37,40)(H,41,42)/t19-/m0/s1. The average Bonchev–Trinajstić information content (AvgIpc) is 3.38. The van der Waals surface area contributed by atoms with Crippen molar-refractivity contribution >= 4 is 33.7 Å². The topological polar surface area (TPSA) is 97.1 Å². The van der Waals surface area contributed by atoms with E-state index in [1.807, 2.05) is 36.4 Å². The molecule has 1 amide bonds. The number of rotatable bonds is 7. The average molecular weight is 563 g/mol. The van der Waals surface area contributed by atoms with Crippen LogP contribution in [0.25, 0.3) is 32.9 Å². The third-order valence-corrected chi connectivity index (χ3v) is 7.15. The first kappa shape index (κ1) is 26.8. The predicted molar refractivity (Wildman–Crippen MR) is 155 cm³/mol. The van der Waals surface area contributed by atoms with Crippen LogP contribution in [0, 0.1) is 11.6 Å². The molecule has 0 aliphatic heterocycles. The number of nitrogens with zero attached hydrogens (tertiary/aromatic N) is 3. The number of carboxylic acid groups (broad SMARTS) is 1. The van der Waals surface area contributed by atoms with Crippen LogP contribution in [0.2, 0.25) is 0 Å².